The third kappa shape index (κ3) is 4.11. The lowest BCUT2D eigenvalue weighted by atomic mass is 9.71. The maximum absolute atomic E-state index is 5.57. The van der Waals surface area contributed by atoms with Crippen LogP contribution in [0, 0.1) is 0 Å². The van der Waals surface area contributed by atoms with E-state index in [9.17, 15) is 0 Å². The van der Waals surface area contributed by atoms with Crippen LogP contribution in [0.4, 0.5) is 0 Å². The molecular weight excluding hydrogens is 404 g/mol. The molecule has 5 rings (SSSR count). The van der Waals surface area contributed by atoms with Gasteiger partial charge in [0, 0.05) is 11.8 Å². The second-order valence-electron chi connectivity index (χ2n) is 9.20. The minimum Gasteiger partial charge on any atom is -0.469 e. The minimum absolute atomic E-state index is 0.0867. The molecule has 0 atom stereocenters. The summed E-state index contributed by atoms with van der Waals surface area (Å²) in [7, 11) is 0. The van der Waals surface area contributed by atoms with Gasteiger partial charge in [-0.1, -0.05) is 69.2 Å². The van der Waals surface area contributed by atoms with Crippen molar-refractivity contribution in [2.75, 3.05) is 0 Å². The summed E-state index contributed by atoms with van der Waals surface area (Å²) in [6.45, 7) is 4.63. The number of hydrogen-bond acceptors (Lipinski definition) is 2. The molecule has 0 spiro atoms. The molecule has 1 aliphatic carbocycles. The van der Waals surface area contributed by atoms with Gasteiger partial charge in [0.15, 0.2) is 0 Å². The van der Waals surface area contributed by atoms with Gasteiger partial charge in [-0.3, -0.25) is 0 Å². The zero-order valence-corrected chi connectivity index (χ0v) is 19.6. The number of fused-ring (bicyclic) bond motifs is 3. The fourth-order valence-electron chi connectivity index (χ4n) is 5.62. The van der Waals surface area contributed by atoms with Gasteiger partial charge in [0.25, 0.3) is 0 Å². The molecule has 2 nitrogen and oxygen atoms in total. The number of rotatable bonds is 9. The molecule has 2 heteroatoms. The van der Waals surface area contributed by atoms with E-state index < -0.39 is 0 Å². The molecule has 2 heterocycles. The Kier molecular flexibility index (Phi) is 6.09. The van der Waals surface area contributed by atoms with Crippen LogP contribution in [0.1, 0.15) is 73.3 Å². The summed E-state index contributed by atoms with van der Waals surface area (Å²) in [4.78, 5) is 0. The van der Waals surface area contributed by atoms with Crippen LogP contribution in [0.2, 0.25) is 0 Å². The molecule has 0 aliphatic heterocycles. The van der Waals surface area contributed by atoms with E-state index in [-0.39, 0.29) is 5.41 Å². The highest BCUT2D eigenvalue weighted by Gasteiger charge is 2.41. The lowest BCUT2D eigenvalue weighted by molar-refractivity contribution is 0.435. The molecule has 2 aromatic carbocycles. The molecule has 1 aliphatic rings. The third-order valence-corrected chi connectivity index (χ3v) is 7.03. The van der Waals surface area contributed by atoms with Crippen LogP contribution >= 0.6 is 0 Å². The molecule has 0 amide bonds. The van der Waals surface area contributed by atoms with Gasteiger partial charge in [-0.15, -0.1) is 0 Å². The van der Waals surface area contributed by atoms with E-state index >= 15 is 0 Å². The first-order chi connectivity index (χ1) is 16.2. The predicted octanol–water partition coefficient (Wildman–Crippen LogP) is 8.69. The summed E-state index contributed by atoms with van der Waals surface area (Å²) in [6.07, 6.45) is 14.3. The van der Waals surface area contributed by atoms with E-state index in [1.165, 1.54) is 59.1 Å². The Balaban J connectivity index is 1.54. The summed E-state index contributed by atoms with van der Waals surface area (Å²) >= 11 is 0. The molecule has 0 saturated heterocycles. The van der Waals surface area contributed by atoms with Gasteiger partial charge in [0.1, 0.15) is 11.5 Å². The van der Waals surface area contributed by atoms with Crippen molar-refractivity contribution in [2.24, 2.45) is 0 Å². The third-order valence-electron chi connectivity index (χ3n) is 7.03. The second kappa shape index (κ2) is 9.31. The summed E-state index contributed by atoms with van der Waals surface area (Å²) < 4.78 is 11.1. The average molecular weight is 437 g/mol. The molecule has 0 bridgehead atoms. The number of furan rings is 2. The standard InChI is InChI=1S/C31H32O2/c1-3-17-31(18-4-2)29-21-23(9-13-25-7-5-19-32-25)11-15-27(29)28-16-12-24(22-30(28)31)10-14-26-8-6-20-33-26/h5-9,11-13,15-16,19-22H,3-4,10,14,17-18H2,1-2H3. The Labute approximate surface area is 197 Å². The molecular formula is C31H32O2. The van der Waals surface area contributed by atoms with Crippen LogP contribution < -0.4 is 0 Å². The summed E-state index contributed by atoms with van der Waals surface area (Å²) in [5.74, 6) is 1.94. The highest BCUT2D eigenvalue weighted by molar-refractivity contribution is 5.83. The normalized spacial score (nSPS) is 14.0. The predicted molar refractivity (Wildman–Crippen MR) is 136 cm³/mol. The van der Waals surface area contributed by atoms with Crippen molar-refractivity contribution in [3.63, 3.8) is 0 Å². The lowest BCUT2D eigenvalue weighted by Gasteiger charge is -2.32. The fourth-order valence-corrected chi connectivity index (χ4v) is 5.62. The number of benzene rings is 2. The molecule has 168 valence electrons. The van der Waals surface area contributed by atoms with Crippen LogP contribution in [0.15, 0.2) is 82.0 Å². The molecule has 0 unspecified atom stereocenters. The van der Waals surface area contributed by atoms with Crippen molar-refractivity contribution < 1.29 is 8.83 Å². The van der Waals surface area contributed by atoms with E-state index in [1.807, 2.05) is 18.2 Å². The molecule has 33 heavy (non-hydrogen) atoms. The van der Waals surface area contributed by atoms with Crippen molar-refractivity contribution in [2.45, 2.75) is 57.8 Å². The quantitative estimate of drug-likeness (QED) is 0.262. The van der Waals surface area contributed by atoms with Gasteiger partial charge in [-0.05, 0) is 83.0 Å². The first-order valence-electron chi connectivity index (χ1n) is 12.3. The first kappa shape index (κ1) is 21.6. The number of aryl methyl sites for hydroxylation is 2. The van der Waals surface area contributed by atoms with E-state index in [1.54, 1.807) is 12.5 Å². The van der Waals surface area contributed by atoms with Crippen molar-refractivity contribution in [1.82, 2.24) is 0 Å². The fraction of sp³-hybridized carbons (Fsp3) is 0.290. The average Bonchev–Trinajstić information content (AvgIpc) is 3.59. The van der Waals surface area contributed by atoms with E-state index in [2.05, 4.69) is 68.5 Å². The maximum Gasteiger partial charge on any atom is 0.126 e. The van der Waals surface area contributed by atoms with Crippen molar-refractivity contribution in [3.8, 4) is 11.1 Å². The minimum atomic E-state index is 0.0867. The second-order valence-corrected chi connectivity index (χ2v) is 9.20. The Morgan fingerprint density at radius 2 is 1.45 bits per heavy atom. The molecule has 0 N–H and O–H groups in total. The topological polar surface area (TPSA) is 26.3 Å². The maximum atomic E-state index is 5.57. The van der Waals surface area contributed by atoms with Crippen molar-refractivity contribution in [3.05, 3.63) is 107 Å². The highest BCUT2D eigenvalue weighted by atomic mass is 16.3. The number of hydrogen-bond donors (Lipinski definition) is 0. The monoisotopic (exact) mass is 436 g/mol. The smallest absolute Gasteiger partial charge is 0.126 e. The highest BCUT2D eigenvalue weighted by Crippen LogP contribution is 2.54. The zero-order chi connectivity index (χ0) is 22.7. The van der Waals surface area contributed by atoms with E-state index in [4.69, 9.17) is 8.83 Å². The van der Waals surface area contributed by atoms with Gasteiger partial charge in [-0.25, -0.2) is 0 Å². The summed E-state index contributed by atoms with van der Waals surface area (Å²) in [6, 6.07) is 22.1. The first-order valence-corrected chi connectivity index (χ1v) is 12.3. The lowest BCUT2D eigenvalue weighted by Crippen LogP contribution is -2.25. The molecule has 0 fully saturated rings. The van der Waals surface area contributed by atoms with Gasteiger partial charge >= 0.3 is 0 Å². The van der Waals surface area contributed by atoms with Crippen LogP contribution in [0.25, 0.3) is 23.3 Å². The van der Waals surface area contributed by atoms with Crippen LogP contribution in [0.5, 0.6) is 0 Å². The van der Waals surface area contributed by atoms with Crippen LogP contribution in [-0.2, 0) is 18.3 Å². The SMILES string of the molecule is CCCC1(CCC)c2cc(C=Cc3ccco3)ccc2-c2ccc(CCc3ccco3)cc21. The Bertz CT molecular complexity index is 1220. The van der Waals surface area contributed by atoms with Crippen LogP contribution in [0.3, 0.4) is 0 Å². The summed E-state index contributed by atoms with van der Waals surface area (Å²) in [5.41, 5.74) is 8.54. The molecule has 0 saturated carbocycles. The Hall–Kier alpha value is -3.26. The zero-order valence-electron chi connectivity index (χ0n) is 19.6. The van der Waals surface area contributed by atoms with E-state index in [0.717, 1.165) is 24.4 Å². The molecule has 4 aromatic rings. The Morgan fingerprint density at radius 1 is 0.727 bits per heavy atom. The van der Waals surface area contributed by atoms with Gasteiger partial charge in [0.05, 0.1) is 12.5 Å². The molecule has 2 aromatic heterocycles. The van der Waals surface area contributed by atoms with Gasteiger partial charge < -0.3 is 8.83 Å². The van der Waals surface area contributed by atoms with Crippen molar-refractivity contribution in [1.29, 1.82) is 0 Å². The molecule has 0 radical (unpaired) electrons. The van der Waals surface area contributed by atoms with Gasteiger partial charge in [-0.2, -0.15) is 0 Å². The van der Waals surface area contributed by atoms with Crippen LogP contribution in [-0.4, -0.2) is 0 Å². The van der Waals surface area contributed by atoms with E-state index in [0.29, 0.717) is 0 Å². The largest absolute Gasteiger partial charge is 0.469 e. The summed E-state index contributed by atoms with van der Waals surface area (Å²) in [5, 5.41) is 0. The Morgan fingerprint density at radius 3 is 2.15 bits per heavy atom. The van der Waals surface area contributed by atoms with Gasteiger partial charge in [0.2, 0.25) is 0 Å². The van der Waals surface area contributed by atoms with Crippen molar-refractivity contribution >= 4 is 12.2 Å².